The van der Waals surface area contributed by atoms with Crippen molar-refractivity contribution in [2.24, 2.45) is 0 Å². The number of nitrogens with one attached hydrogen (secondary N) is 1. The molecule has 0 heterocycles. The van der Waals surface area contributed by atoms with Crippen molar-refractivity contribution in [2.45, 2.75) is 4.90 Å². The van der Waals surface area contributed by atoms with E-state index in [9.17, 15) is 13.2 Å². The maximum atomic E-state index is 11.7. The van der Waals surface area contributed by atoms with Crippen LogP contribution in [-0.2, 0) is 10.0 Å². The smallest absolute Gasteiger partial charge is 0.274 e. The normalized spacial score (nSPS) is 11.5. The summed E-state index contributed by atoms with van der Waals surface area (Å²) >= 11 is 0. The summed E-state index contributed by atoms with van der Waals surface area (Å²) in [6, 6.07) is 5.25. The number of hydrogen-bond donors (Lipinski definition) is 2. The summed E-state index contributed by atoms with van der Waals surface area (Å²) < 4.78 is 24.4. The molecule has 6 nitrogen and oxygen atoms in total. The molecule has 0 aliphatic carbocycles. The van der Waals surface area contributed by atoms with Gasteiger partial charge in [-0.2, -0.15) is 0 Å². The first-order valence-electron chi connectivity index (χ1n) is 4.36. The summed E-state index contributed by atoms with van der Waals surface area (Å²) in [7, 11) is -0.646. The molecule has 0 bridgehead atoms. The van der Waals surface area contributed by atoms with Gasteiger partial charge in [0.05, 0.1) is 4.90 Å². The van der Waals surface area contributed by atoms with E-state index in [-0.39, 0.29) is 10.5 Å². The van der Waals surface area contributed by atoms with Crippen LogP contribution in [0.4, 0.5) is 0 Å². The molecular formula is C9H12N2O4S. The summed E-state index contributed by atoms with van der Waals surface area (Å²) in [5.74, 6) is -0.686. The van der Waals surface area contributed by atoms with Crippen LogP contribution in [0.1, 0.15) is 10.4 Å². The number of amides is 1. The van der Waals surface area contributed by atoms with Gasteiger partial charge in [0.15, 0.2) is 0 Å². The highest BCUT2D eigenvalue weighted by Crippen LogP contribution is 2.13. The summed E-state index contributed by atoms with van der Waals surface area (Å²) in [6.45, 7) is 0. The van der Waals surface area contributed by atoms with Gasteiger partial charge in [-0.1, -0.05) is 0 Å². The highest BCUT2D eigenvalue weighted by Gasteiger charge is 2.17. The molecule has 2 N–H and O–H groups in total. The maximum Gasteiger partial charge on any atom is 0.274 e. The topological polar surface area (TPSA) is 86.7 Å². The summed E-state index contributed by atoms with van der Waals surface area (Å²) in [5.41, 5.74) is 1.64. The van der Waals surface area contributed by atoms with E-state index < -0.39 is 15.9 Å². The molecule has 1 rings (SSSR count). The molecule has 0 aromatic heterocycles. The minimum Gasteiger partial charge on any atom is -0.288 e. The van der Waals surface area contributed by atoms with Gasteiger partial charge in [0.25, 0.3) is 5.91 Å². The number of benzene rings is 1. The zero-order valence-electron chi connectivity index (χ0n) is 8.84. The number of carbonyl (C=O) groups is 1. The third kappa shape index (κ3) is 2.38. The van der Waals surface area contributed by atoms with Crippen LogP contribution >= 0.6 is 0 Å². The molecule has 16 heavy (non-hydrogen) atoms. The zero-order chi connectivity index (χ0) is 12.3. The Bertz CT molecular complexity index is 479. The molecule has 1 amide bonds. The minimum absolute atomic E-state index is 0.0898. The lowest BCUT2D eigenvalue weighted by atomic mass is 10.2. The fraction of sp³-hybridized carbons (Fsp3) is 0.222. The van der Waals surface area contributed by atoms with Gasteiger partial charge in [0, 0.05) is 19.7 Å². The van der Waals surface area contributed by atoms with Gasteiger partial charge >= 0.3 is 0 Å². The molecule has 88 valence electrons. The predicted molar refractivity (Wildman–Crippen MR) is 56.6 cm³/mol. The van der Waals surface area contributed by atoms with Crippen LogP contribution in [0.15, 0.2) is 29.2 Å². The Hall–Kier alpha value is -1.44. The van der Waals surface area contributed by atoms with E-state index in [4.69, 9.17) is 5.21 Å². The SMILES string of the molecule is CN(C)S(=O)(=O)c1ccc(C(=O)NO)cc1. The standard InChI is InChI=1S/C9H12N2O4S/c1-11(2)16(14,15)8-5-3-7(4-6-8)9(12)10-13/h3-6,13H,1-2H3,(H,10,12). The molecule has 0 radical (unpaired) electrons. The van der Waals surface area contributed by atoms with Crippen LogP contribution < -0.4 is 5.48 Å². The largest absolute Gasteiger partial charge is 0.288 e. The van der Waals surface area contributed by atoms with Crippen LogP contribution in [0.5, 0.6) is 0 Å². The highest BCUT2D eigenvalue weighted by molar-refractivity contribution is 7.89. The first kappa shape index (κ1) is 12.6. The Morgan fingerprint density at radius 2 is 1.75 bits per heavy atom. The lowest BCUT2D eigenvalue weighted by Gasteiger charge is -2.11. The number of rotatable bonds is 3. The number of carbonyl (C=O) groups excluding carboxylic acids is 1. The molecule has 0 aliphatic heterocycles. The molecule has 0 unspecified atom stereocenters. The average Bonchev–Trinajstić information content (AvgIpc) is 2.28. The van der Waals surface area contributed by atoms with Crippen molar-refractivity contribution in [2.75, 3.05) is 14.1 Å². The lowest BCUT2D eigenvalue weighted by Crippen LogP contribution is -2.22. The monoisotopic (exact) mass is 244 g/mol. The first-order valence-corrected chi connectivity index (χ1v) is 5.80. The van der Waals surface area contributed by atoms with Crippen LogP contribution in [-0.4, -0.2) is 37.9 Å². The Morgan fingerprint density at radius 1 is 1.25 bits per heavy atom. The Labute approximate surface area is 93.5 Å². The van der Waals surface area contributed by atoms with Crippen LogP contribution in [0.3, 0.4) is 0 Å². The fourth-order valence-electron chi connectivity index (χ4n) is 1.05. The second-order valence-electron chi connectivity index (χ2n) is 3.25. The van der Waals surface area contributed by atoms with E-state index in [0.29, 0.717) is 0 Å². The lowest BCUT2D eigenvalue weighted by molar-refractivity contribution is 0.0706. The molecule has 0 saturated carbocycles. The first-order chi connectivity index (χ1) is 7.39. The molecule has 0 aliphatic rings. The molecule has 1 aromatic rings. The predicted octanol–water partition coefficient (Wildman–Crippen LogP) is 0.0559. The molecule has 0 atom stereocenters. The van der Waals surface area contributed by atoms with Crippen molar-refractivity contribution >= 4 is 15.9 Å². The van der Waals surface area contributed by atoms with E-state index in [1.165, 1.54) is 43.8 Å². The van der Waals surface area contributed by atoms with Crippen molar-refractivity contribution < 1.29 is 18.4 Å². The molecule has 0 saturated heterocycles. The molecule has 0 spiro atoms. The Morgan fingerprint density at radius 3 is 2.12 bits per heavy atom. The van der Waals surface area contributed by atoms with Crippen molar-refractivity contribution in [3.8, 4) is 0 Å². The third-order valence-electron chi connectivity index (χ3n) is 2.00. The second kappa shape index (κ2) is 4.60. The van der Waals surface area contributed by atoms with Gasteiger partial charge in [-0.25, -0.2) is 18.2 Å². The molecule has 1 aromatic carbocycles. The highest BCUT2D eigenvalue weighted by atomic mass is 32.2. The van der Waals surface area contributed by atoms with Crippen LogP contribution in [0.25, 0.3) is 0 Å². The molecular weight excluding hydrogens is 232 g/mol. The Balaban J connectivity index is 3.10. The van der Waals surface area contributed by atoms with Crippen molar-refractivity contribution in [3.05, 3.63) is 29.8 Å². The van der Waals surface area contributed by atoms with Crippen LogP contribution in [0.2, 0.25) is 0 Å². The zero-order valence-corrected chi connectivity index (χ0v) is 9.65. The van der Waals surface area contributed by atoms with Gasteiger partial charge in [-0.3, -0.25) is 10.0 Å². The summed E-state index contributed by atoms with van der Waals surface area (Å²) in [6.07, 6.45) is 0. The maximum absolute atomic E-state index is 11.7. The minimum atomic E-state index is -3.49. The van der Waals surface area contributed by atoms with E-state index in [0.717, 1.165) is 4.31 Å². The summed E-state index contributed by atoms with van der Waals surface area (Å²) in [5, 5.41) is 8.38. The Kier molecular flexibility index (Phi) is 3.63. The average molecular weight is 244 g/mol. The number of sulfonamides is 1. The van der Waals surface area contributed by atoms with Gasteiger partial charge in [-0.15, -0.1) is 0 Å². The molecule has 0 fully saturated rings. The number of hydrogen-bond acceptors (Lipinski definition) is 4. The van der Waals surface area contributed by atoms with Crippen molar-refractivity contribution in [3.63, 3.8) is 0 Å². The number of hydroxylamine groups is 1. The third-order valence-corrected chi connectivity index (χ3v) is 3.83. The van der Waals surface area contributed by atoms with Crippen LogP contribution in [0, 0.1) is 0 Å². The van der Waals surface area contributed by atoms with Gasteiger partial charge in [0.2, 0.25) is 10.0 Å². The number of nitrogens with zero attached hydrogens (tertiary/aromatic N) is 1. The van der Waals surface area contributed by atoms with Gasteiger partial charge < -0.3 is 0 Å². The van der Waals surface area contributed by atoms with Gasteiger partial charge in [-0.05, 0) is 24.3 Å². The van der Waals surface area contributed by atoms with Crippen molar-refractivity contribution in [1.29, 1.82) is 0 Å². The quantitative estimate of drug-likeness (QED) is 0.581. The fourth-order valence-corrected chi connectivity index (χ4v) is 1.96. The van der Waals surface area contributed by atoms with Crippen molar-refractivity contribution in [1.82, 2.24) is 9.79 Å². The van der Waals surface area contributed by atoms with E-state index >= 15 is 0 Å². The second-order valence-corrected chi connectivity index (χ2v) is 5.40. The van der Waals surface area contributed by atoms with E-state index in [1.54, 1.807) is 0 Å². The molecule has 7 heteroatoms. The van der Waals surface area contributed by atoms with Gasteiger partial charge in [0.1, 0.15) is 0 Å². The van der Waals surface area contributed by atoms with E-state index in [1.807, 2.05) is 0 Å². The summed E-state index contributed by atoms with van der Waals surface area (Å²) in [4.78, 5) is 11.1. The van der Waals surface area contributed by atoms with E-state index in [2.05, 4.69) is 0 Å².